The Morgan fingerprint density at radius 3 is 1.88 bits per heavy atom. The topological polar surface area (TPSA) is 109 Å². The zero-order valence-corrected chi connectivity index (χ0v) is 35.6. The second-order valence-corrected chi connectivity index (χ2v) is 26.1. The van der Waals surface area contributed by atoms with Gasteiger partial charge in [0.25, 0.3) is 0 Å². The van der Waals surface area contributed by atoms with Gasteiger partial charge in [-0.3, -0.25) is 4.79 Å². The van der Waals surface area contributed by atoms with Gasteiger partial charge in [0.15, 0.2) is 14.4 Å². The van der Waals surface area contributed by atoms with Crippen LogP contribution in [0.2, 0.25) is 34.8 Å². The van der Waals surface area contributed by atoms with Crippen LogP contribution in [0.25, 0.3) is 0 Å². The number of amides is 1. The lowest BCUT2D eigenvalue weighted by atomic mass is 9.93. The third kappa shape index (κ3) is 12.9. The minimum absolute atomic E-state index is 0.0382. The van der Waals surface area contributed by atoms with Gasteiger partial charge in [0, 0.05) is 0 Å². The van der Waals surface area contributed by atoms with Gasteiger partial charge in [0.05, 0.1) is 18.1 Å². The number of hydrogen-bond acceptors (Lipinski definition) is 8. The van der Waals surface area contributed by atoms with Crippen molar-refractivity contribution in [1.29, 1.82) is 0 Å². The first-order chi connectivity index (χ1) is 23.2. The summed E-state index contributed by atoms with van der Waals surface area (Å²) in [6.45, 7) is 33.0. The second kappa shape index (κ2) is 20.5. The van der Waals surface area contributed by atoms with Crippen molar-refractivity contribution in [3.63, 3.8) is 0 Å². The Morgan fingerprint density at radius 1 is 0.840 bits per heavy atom. The van der Waals surface area contributed by atoms with Gasteiger partial charge in [-0.1, -0.05) is 125 Å². The minimum Gasteiger partial charge on any atom is -0.461 e. The van der Waals surface area contributed by atoms with Crippen molar-refractivity contribution >= 4 is 34.7 Å². The molecule has 0 saturated carbocycles. The van der Waals surface area contributed by atoms with E-state index in [0.29, 0.717) is 6.42 Å². The van der Waals surface area contributed by atoms with Crippen molar-refractivity contribution < 1.29 is 37.4 Å². The maximum atomic E-state index is 14.3. The van der Waals surface area contributed by atoms with Crippen LogP contribution in [-0.2, 0) is 39.3 Å². The molecule has 286 valence electrons. The predicted molar refractivity (Wildman–Crippen MR) is 207 cm³/mol. The Labute approximate surface area is 305 Å². The normalized spacial score (nSPS) is 15.6. The molecular weight excluding hydrogens is 667 g/mol. The molecule has 5 atom stereocenters. The molecule has 0 fully saturated rings. The highest BCUT2D eigenvalue weighted by Gasteiger charge is 2.51. The number of nitrogens with one attached hydrogen (secondary N) is 1. The fourth-order valence-corrected chi connectivity index (χ4v) is 13.6. The lowest BCUT2D eigenvalue weighted by molar-refractivity contribution is -0.167. The standard InChI is InChI=1S/C39H69NO8Si2/c1-16-18-24-33(36(41)44-25-17-2)35(48-50(27(3)4,28(5)6)29(7)8)31(10)46-37(42)34(30(9)47-49(14,15)39(11,12)13)40-38(43)45-26-32-22-20-19-21-23-32/h17,19-23,27-31,33-35H,2,16,18,24-26H2,1,3-15H3,(H,40,43)/t30-,31+,33-,34+,35+/m1/s1. The van der Waals surface area contributed by atoms with Crippen LogP contribution in [0, 0.1) is 5.92 Å². The Balaban J connectivity index is 3.62. The van der Waals surface area contributed by atoms with Crippen LogP contribution in [0.15, 0.2) is 43.0 Å². The molecule has 0 aliphatic carbocycles. The molecule has 0 unspecified atom stereocenters. The van der Waals surface area contributed by atoms with Gasteiger partial charge in [-0.2, -0.15) is 0 Å². The molecule has 50 heavy (non-hydrogen) atoms. The molecule has 1 amide bonds. The van der Waals surface area contributed by atoms with E-state index in [9.17, 15) is 14.4 Å². The number of rotatable bonds is 21. The molecule has 1 rings (SSSR count). The molecule has 9 nitrogen and oxygen atoms in total. The van der Waals surface area contributed by atoms with Crippen molar-refractivity contribution in [3.05, 3.63) is 48.6 Å². The first kappa shape index (κ1) is 45.5. The fourth-order valence-electron chi connectivity index (χ4n) is 6.53. The first-order valence-electron chi connectivity index (χ1n) is 18.5. The van der Waals surface area contributed by atoms with Crippen LogP contribution in [-0.4, -0.2) is 65.6 Å². The van der Waals surface area contributed by atoms with E-state index in [1.54, 1.807) is 19.9 Å². The van der Waals surface area contributed by atoms with Gasteiger partial charge in [-0.25, -0.2) is 9.59 Å². The van der Waals surface area contributed by atoms with Gasteiger partial charge >= 0.3 is 18.0 Å². The van der Waals surface area contributed by atoms with Crippen LogP contribution in [0.4, 0.5) is 4.79 Å². The van der Waals surface area contributed by atoms with E-state index in [1.165, 1.54) is 0 Å². The Morgan fingerprint density at radius 2 is 1.40 bits per heavy atom. The first-order valence-corrected chi connectivity index (χ1v) is 23.5. The maximum absolute atomic E-state index is 14.3. The predicted octanol–water partition coefficient (Wildman–Crippen LogP) is 9.72. The average Bonchev–Trinajstić information content (AvgIpc) is 3.01. The molecular formula is C39H69NO8Si2. The van der Waals surface area contributed by atoms with Crippen molar-refractivity contribution in [2.24, 2.45) is 5.92 Å². The Kier molecular flexibility index (Phi) is 18.7. The van der Waals surface area contributed by atoms with Crippen molar-refractivity contribution in [2.45, 2.75) is 168 Å². The van der Waals surface area contributed by atoms with Crippen LogP contribution in [0.1, 0.15) is 108 Å². The van der Waals surface area contributed by atoms with Crippen LogP contribution in [0.5, 0.6) is 0 Å². The summed E-state index contributed by atoms with van der Waals surface area (Å²) in [5, 5.41) is 2.60. The summed E-state index contributed by atoms with van der Waals surface area (Å²) in [5.74, 6) is -1.77. The molecule has 0 aliphatic rings. The van der Waals surface area contributed by atoms with Gasteiger partial charge < -0.3 is 28.4 Å². The number of benzene rings is 1. The van der Waals surface area contributed by atoms with E-state index in [4.69, 9.17) is 23.1 Å². The third-order valence-corrected chi connectivity index (χ3v) is 20.9. The van der Waals surface area contributed by atoms with Crippen LogP contribution in [0.3, 0.4) is 0 Å². The van der Waals surface area contributed by atoms with E-state index in [0.717, 1.165) is 18.4 Å². The Hall–Kier alpha value is -2.48. The molecule has 1 aromatic carbocycles. The number of carbonyl (C=O) groups excluding carboxylic acids is 3. The van der Waals surface area contributed by atoms with Crippen molar-refractivity contribution in [3.8, 4) is 0 Å². The largest absolute Gasteiger partial charge is 0.461 e. The minimum atomic E-state index is -2.58. The Bertz CT molecular complexity index is 1180. The number of esters is 2. The zero-order valence-electron chi connectivity index (χ0n) is 33.6. The number of unbranched alkanes of at least 4 members (excludes halogenated alkanes) is 1. The highest BCUT2D eigenvalue weighted by molar-refractivity contribution is 6.77. The van der Waals surface area contributed by atoms with Gasteiger partial charge in [-0.15, -0.1) is 0 Å². The summed E-state index contributed by atoms with van der Waals surface area (Å²) >= 11 is 0. The fraction of sp³-hybridized carbons (Fsp3) is 0.718. The van der Waals surface area contributed by atoms with Crippen molar-refractivity contribution in [1.82, 2.24) is 5.32 Å². The highest BCUT2D eigenvalue weighted by atomic mass is 28.4. The summed E-state index contributed by atoms with van der Waals surface area (Å²) in [4.78, 5) is 41.1. The van der Waals surface area contributed by atoms with Crippen molar-refractivity contribution in [2.75, 3.05) is 6.61 Å². The molecule has 0 aromatic heterocycles. The number of hydrogen-bond donors (Lipinski definition) is 1. The molecule has 0 bridgehead atoms. The summed E-state index contributed by atoms with van der Waals surface area (Å²) in [5.41, 5.74) is 1.47. The molecule has 0 aliphatic heterocycles. The third-order valence-electron chi connectivity index (χ3n) is 10.2. The highest BCUT2D eigenvalue weighted by Crippen LogP contribution is 2.45. The van der Waals surface area contributed by atoms with Gasteiger partial charge in [-0.05, 0) is 60.6 Å². The quantitative estimate of drug-likeness (QED) is 0.0576. The van der Waals surface area contributed by atoms with E-state index in [2.05, 4.69) is 94.2 Å². The smallest absolute Gasteiger partial charge is 0.408 e. The molecule has 0 saturated heterocycles. The summed E-state index contributed by atoms with van der Waals surface area (Å²) < 4.78 is 31.3. The average molecular weight is 736 g/mol. The molecule has 11 heteroatoms. The lowest BCUT2D eigenvalue weighted by Gasteiger charge is -2.47. The maximum Gasteiger partial charge on any atom is 0.408 e. The van der Waals surface area contributed by atoms with Gasteiger partial charge in [0.2, 0.25) is 8.32 Å². The molecule has 0 heterocycles. The van der Waals surface area contributed by atoms with E-state index >= 15 is 0 Å². The van der Waals surface area contributed by atoms with Crippen LogP contribution >= 0.6 is 0 Å². The summed E-state index contributed by atoms with van der Waals surface area (Å²) in [7, 11) is -4.96. The van der Waals surface area contributed by atoms with E-state index < -0.39 is 64.9 Å². The lowest BCUT2D eigenvalue weighted by Crippen LogP contribution is -2.57. The molecule has 0 spiro atoms. The molecule has 1 N–H and O–H groups in total. The zero-order chi connectivity index (χ0) is 38.4. The SMILES string of the molecule is C=CCOC(=O)[C@H](CCCC)[C@@H](O[Si](C(C)C)(C(C)C)C(C)C)[C@H](C)OC(=O)[C@@H](NC(=O)OCc1ccccc1)[C@@H](C)O[Si](C)(C)C(C)(C)C. The second-order valence-electron chi connectivity index (χ2n) is 16.0. The van der Waals surface area contributed by atoms with E-state index in [1.807, 2.05) is 30.3 Å². The van der Waals surface area contributed by atoms with Crippen LogP contribution < -0.4 is 5.32 Å². The summed E-state index contributed by atoms with van der Waals surface area (Å²) in [6.07, 6.45) is 0.564. The molecule has 0 radical (unpaired) electrons. The van der Waals surface area contributed by atoms with E-state index in [-0.39, 0.29) is 34.9 Å². The monoisotopic (exact) mass is 735 g/mol. The number of carbonyl (C=O) groups is 3. The number of alkyl carbamates (subject to hydrolysis) is 1. The number of ether oxygens (including phenoxy) is 3. The summed E-state index contributed by atoms with van der Waals surface area (Å²) in [6, 6.07) is 8.14. The van der Waals surface area contributed by atoms with Gasteiger partial charge in [0.1, 0.15) is 19.3 Å². The molecule has 1 aromatic rings.